The number of halogens is 1. The number of carboxylic acids is 1. The highest BCUT2D eigenvalue weighted by Gasteiger charge is 2.15. The number of ether oxygens (including phenoxy) is 1. The lowest BCUT2D eigenvalue weighted by Gasteiger charge is -2.16. The average Bonchev–Trinajstić information content (AvgIpc) is 2.87. The fraction of sp³-hybridized carbons (Fsp3) is 0.192. The van der Waals surface area contributed by atoms with Gasteiger partial charge in [0.25, 0.3) is 0 Å². The van der Waals surface area contributed by atoms with Gasteiger partial charge in [0.1, 0.15) is 17.2 Å². The zero-order chi connectivity index (χ0) is 26.5. The summed E-state index contributed by atoms with van der Waals surface area (Å²) in [6.45, 7) is 4.16. The van der Waals surface area contributed by atoms with Crippen molar-refractivity contribution in [3.05, 3.63) is 104 Å². The zero-order valence-electron chi connectivity index (χ0n) is 20.1. The molecule has 10 nitrogen and oxygen atoms in total. The van der Waals surface area contributed by atoms with Crippen LogP contribution >= 0.6 is 11.6 Å². The molecule has 0 amide bonds. The number of benzene rings is 2. The first-order valence-corrected chi connectivity index (χ1v) is 11.8. The van der Waals surface area contributed by atoms with Gasteiger partial charge in [-0.1, -0.05) is 30.7 Å². The van der Waals surface area contributed by atoms with E-state index in [1.165, 1.54) is 22.9 Å². The lowest BCUT2D eigenvalue weighted by molar-refractivity contribution is 0.0690. The normalized spacial score (nSPS) is 10.8. The van der Waals surface area contributed by atoms with E-state index in [4.69, 9.17) is 21.4 Å². The molecule has 4 rings (SSSR count). The van der Waals surface area contributed by atoms with Gasteiger partial charge in [0.2, 0.25) is 5.95 Å². The molecule has 2 aromatic carbocycles. The molecule has 0 aliphatic carbocycles. The lowest BCUT2D eigenvalue weighted by atomic mass is 10.2. The summed E-state index contributed by atoms with van der Waals surface area (Å²) in [6.07, 6.45) is 1.94. The lowest BCUT2D eigenvalue weighted by Crippen LogP contribution is -2.42. The van der Waals surface area contributed by atoms with Crippen molar-refractivity contribution in [3.8, 4) is 11.5 Å². The summed E-state index contributed by atoms with van der Waals surface area (Å²) in [5, 5.41) is 12.7. The van der Waals surface area contributed by atoms with Gasteiger partial charge in [0, 0.05) is 17.3 Å². The topological polar surface area (TPSA) is 128 Å². The van der Waals surface area contributed by atoms with Crippen LogP contribution in [0.1, 0.15) is 35.0 Å². The number of pyridine rings is 1. The highest BCUT2D eigenvalue weighted by atomic mass is 35.5. The predicted molar refractivity (Wildman–Crippen MR) is 139 cm³/mol. The van der Waals surface area contributed by atoms with Gasteiger partial charge in [-0.2, -0.15) is 4.98 Å². The molecule has 2 aromatic heterocycles. The molecule has 4 aromatic rings. The summed E-state index contributed by atoms with van der Waals surface area (Å²) in [4.78, 5) is 44.8. The van der Waals surface area contributed by atoms with E-state index in [9.17, 15) is 14.4 Å². The van der Waals surface area contributed by atoms with Crippen LogP contribution < -0.4 is 21.4 Å². The molecule has 0 spiro atoms. The fourth-order valence-corrected chi connectivity index (χ4v) is 3.75. The number of carboxylic acid groups (broad SMARTS) is 1. The van der Waals surface area contributed by atoms with Crippen LogP contribution in [0.4, 0.5) is 11.6 Å². The molecule has 2 heterocycles. The molecular formula is C26H24ClN5O5. The van der Waals surface area contributed by atoms with Gasteiger partial charge in [0.05, 0.1) is 12.7 Å². The smallest absolute Gasteiger partial charge is 0.354 e. The van der Waals surface area contributed by atoms with Crippen LogP contribution in [0, 0.1) is 6.92 Å². The Labute approximate surface area is 216 Å². The van der Waals surface area contributed by atoms with Crippen LogP contribution in [0.3, 0.4) is 0 Å². The number of aromatic nitrogens is 4. The van der Waals surface area contributed by atoms with Crippen molar-refractivity contribution in [1.29, 1.82) is 0 Å². The first-order valence-electron chi connectivity index (χ1n) is 11.5. The Morgan fingerprint density at radius 3 is 2.46 bits per heavy atom. The largest absolute Gasteiger partial charge is 0.477 e. The molecule has 0 aliphatic rings. The monoisotopic (exact) mass is 521 g/mol. The molecule has 0 saturated carbocycles. The van der Waals surface area contributed by atoms with Gasteiger partial charge in [-0.25, -0.2) is 23.9 Å². The maximum atomic E-state index is 13.2. The molecule has 0 atom stereocenters. The van der Waals surface area contributed by atoms with Crippen LogP contribution in [-0.4, -0.2) is 30.2 Å². The number of aromatic carboxylic acids is 1. The first-order chi connectivity index (χ1) is 17.7. The number of nitrogens with one attached hydrogen (secondary N) is 1. The third-order valence-electron chi connectivity index (χ3n) is 5.47. The minimum atomic E-state index is -1.12. The molecule has 2 N–H and O–H groups in total. The molecule has 190 valence electrons. The van der Waals surface area contributed by atoms with Crippen molar-refractivity contribution in [2.75, 3.05) is 5.32 Å². The van der Waals surface area contributed by atoms with Crippen molar-refractivity contribution < 1.29 is 14.6 Å². The van der Waals surface area contributed by atoms with E-state index in [-0.39, 0.29) is 24.7 Å². The van der Waals surface area contributed by atoms with Gasteiger partial charge in [-0.15, -0.1) is 0 Å². The second-order valence-electron chi connectivity index (χ2n) is 8.26. The van der Waals surface area contributed by atoms with E-state index in [0.29, 0.717) is 28.6 Å². The third kappa shape index (κ3) is 6.04. The van der Waals surface area contributed by atoms with Crippen LogP contribution in [-0.2, 0) is 13.1 Å². The van der Waals surface area contributed by atoms with E-state index in [2.05, 4.69) is 15.3 Å². The zero-order valence-corrected chi connectivity index (χ0v) is 20.9. The first kappa shape index (κ1) is 25.6. The molecule has 11 heteroatoms. The summed E-state index contributed by atoms with van der Waals surface area (Å²) in [6, 6.07) is 15.2. The van der Waals surface area contributed by atoms with Crippen LogP contribution in [0.2, 0.25) is 5.02 Å². The van der Waals surface area contributed by atoms with Crippen LogP contribution in [0.15, 0.2) is 70.4 Å². The van der Waals surface area contributed by atoms with E-state index in [1.807, 2.05) is 26.0 Å². The summed E-state index contributed by atoms with van der Waals surface area (Å²) in [7, 11) is 0. The summed E-state index contributed by atoms with van der Waals surface area (Å²) in [5.74, 6) is -0.102. The van der Waals surface area contributed by atoms with Crippen molar-refractivity contribution in [3.63, 3.8) is 0 Å². The summed E-state index contributed by atoms with van der Waals surface area (Å²) in [5.41, 5.74) is 0.984. The Bertz CT molecular complexity index is 1550. The quantitative estimate of drug-likeness (QED) is 0.330. The number of carbonyl (C=O) groups is 1. The molecule has 0 fully saturated rings. The van der Waals surface area contributed by atoms with E-state index in [1.54, 1.807) is 30.3 Å². The molecule has 37 heavy (non-hydrogen) atoms. The minimum absolute atomic E-state index is 0.0818. The van der Waals surface area contributed by atoms with Gasteiger partial charge in [-0.05, 0) is 66.9 Å². The van der Waals surface area contributed by atoms with E-state index >= 15 is 0 Å². The van der Waals surface area contributed by atoms with E-state index in [0.717, 1.165) is 15.7 Å². The molecule has 0 unspecified atom stereocenters. The number of hydrogen-bond acceptors (Lipinski definition) is 7. The molecule has 0 bridgehead atoms. The van der Waals surface area contributed by atoms with Crippen LogP contribution in [0.25, 0.3) is 0 Å². The molecule has 0 saturated heterocycles. The molecular weight excluding hydrogens is 498 g/mol. The molecule has 0 aliphatic heterocycles. The predicted octanol–water partition coefficient (Wildman–Crippen LogP) is 4.45. The van der Waals surface area contributed by atoms with E-state index < -0.39 is 17.3 Å². The Kier molecular flexibility index (Phi) is 7.69. The SMILES string of the molecule is CCCn1c(=O)nc(Nc2ccc(Oc3ccc(C(=O)O)nc3)c(C)c2)n(Cc2ccc(Cl)cc2)c1=O. The third-order valence-corrected chi connectivity index (χ3v) is 5.72. The Morgan fingerprint density at radius 1 is 1.08 bits per heavy atom. The standard InChI is InChI=1S/C26H24ClN5O5/c1-3-12-31-25(35)30-24(32(26(31)36)15-17-4-6-18(27)7-5-17)29-19-8-11-22(16(2)13-19)37-20-9-10-21(23(33)34)28-14-20/h4-11,13-14H,3,12,15H2,1-2H3,(H,33,34)(H,29,30,35). The van der Waals surface area contributed by atoms with Crippen molar-refractivity contribution in [1.82, 2.24) is 19.1 Å². The highest BCUT2D eigenvalue weighted by molar-refractivity contribution is 6.30. The summed E-state index contributed by atoms with van der Waals surface area (Å²) >= 11 is 5.99. The van der Waals surface area contributed by atoms with Gasteiger partial charge in [0.15, 0.2) is 0 Å². The number of aryl methyl sites for hydroxylation is 1. The van der Waals surface area contributed by atoms with Crippen molar-refractivity contribution in [2.45, 2.75) is 33.4 Å². The van der Waals surface area contributed by atoms with Crippen LogP contribution in [0.5, 0.6) is 11.5 Å². The van der Waals surface area contributed by atoms with Crippen molar-refractivity contribution >= 4 is 29.2 Å². The highest BCUT2D eigenvalue weighted by Crippen LogP contribution is 2.28. The number of nitrogens with zero attached hydrogens (tertiary/aromatic N) is 4. The Hall–Kier alpha value is -4.44. The molecule has 0 radical (unpaired) electrons. The minimum Gasteiger partial charge on any atom is -0.477 e. The van der Waals surface area contributed by atoms with Gasteiger partial charge >= 0.3 is 17.3 Å². The number of rotatable bonds is 9. The van der Waals surface area contributed by atoms with Crippen molar-refractivity contribution in [2.24, 2.45) is 0 Å². The number of anilines is 2. The summed E-state index contributed by atoms with van der Waals surface area (Å²) < 4.78 is 8.35. The van der Waals surface area contributed by atoms with Gasteiger partial charge < -0.3 is 15.2 Å². The second kappa shape index (κ2) is 11.1. The average molecular weight is 522 g/mol. The fourth-order valence-electron chi connectivity index (χ4n) is 3.62. The second-order valence-corrected chi connectivity index (χ2v) is 8.69. The maximum absolute atomic E-state index is 13.2. The number of hydrogen-bond donors (Lipinski definition) is 2. The Morgan fingerprint density at radius 2 is 1.84 bits per heavy atom. The van der Waals surface area contributed by atoms with Gasteiger partial charge in [-0.3, -0.25) is 4.57 Å². The maximum Gasteiger partial charge on any atom is 0.354 e. The Balaban J connectivity index is 1.63.